The van der Waals surface area contributed by atoms with Gasteiger partial charge in [0.1, 0.15) is 46.6 Å². The third-order valence-electron chi connectivity index (χ3n) is 7.06. The fourth-order valence-electron chi connectivity index (χ4n) is 4.94. The predicted molar refractivity (Wildman–Crippen MR) is 184 cm³/mol. The van der Waals surface area contributed by atoms with E-state index in [1.54, 1.807) is 22.7 Å². The lowest BCUT2D eigenvalue weighted by atomic mass is 10.1. The Hall–Kier alpha value is -5.52. The van der Waals surface area contributed by atoms with Crippen molar-refractivity contribution in [3.05, 3.63) is 113 Å². The maximum absolute atomic E-state index is 9.13. The molecule has 7 aromatic rings. The summed E-state index contributed by atoms with van der Waals surface area (Å²) in [6.07, 6.45) is 4.14. The lowest BCUT2D eigenvalue weighted by Gasteiger charge is -1.97. The molecule has 5 heterocycles. The van der Waals surface area contributed by atoms with Gasteiger partial charge in [-0.2, -0.15) is 21.0 Å². The molecule has 0 N–H and O–H groups in total. The molecule has 0 saturated heterocycles. The molecule has 2 aromatic carbocycles. The van der Waals surface area contributed by atoms with Gasteiger partial charge in [-0.25, -0.2) is 0 Å². The van der Waals surface area contributed by atoms with Gasteiger partial charge in [-0.15, -0.1) is 45.3 Å². The number of hydrogen-bond donors (Lipinski definition) is 0. The van der Waals surface area contributed by atoms with Crippen molar-refractivity contribution in [2.45, 2.75) is 0 Å². The van der Waals surface area contributed by atoms with Crippen molar-refractivity contribution in [3.8, 4) is 45.2 Å². The van der Waals surface area contributed by atoms with Gasteiger partial charge < -0.3 is 4.42 Å². The molecule has 0 radical (unpaired) electrons. The highest BCUT2D eigenvalue weighted by molar-refractivity contribution is 7.17. The molecular formula is C36H16N4OS4. The van der Waals surface area contributed by atoms with Crippen LogP contribution in [0.2, 0.25) is 0 Å². The topological polar surface area (TPSA) is 108 Å². The highest BCUT2D eigenvalue weighted by Crippen LogP contribution is 2.37. The van der Waals surface area contributed by atoms with E-state index in [0.717, 1.165) is 61.6 Å². The average Bonchev–Trinajstić information content (AvgIpc) is 3.90. The zero-order valence-electron chi connectivity index (χ0n) is 23.1. The number of fused-ring (bicyclic) bond motifs is 3. The number of nitriles is 4. The lowest BCUT2D eigenvalue weighted by Crippen LogP contribution is -1.96. The largest absolute Gasteiger partial charge is 0.456 e. The van der Waals surface area contributed by atoms with Crippen LogP contribution in [0.1, 0.15) is 9.75 Å². The maximum atomic E-state index is 9.13. The first-order valence-corrected chi connectivity index (χ1v) is 16.7. The first-order valence-electron chi connectivity index (χ1n) is 13.5. The van der Waals surface area contributed by atoms with Crippen LogP contribution in [-0.4, -0.2) is 0 Å². The van der Waals surface area contributed by atoms with E-state index in [2.05, 4.69) is 72.8 Å². The van der Waals surface area contributed by atoms with Crippen molar-refractivity contribution in [2.75, 3.05) is 0 Å². The monoisotopic (exact) mass is 648 g/mol. The van der Waals surface area contributed by atoms with E-state index in [9.17, 15) is 0 Å². The van der Waals surface area contributed by atoms with Gasteiger partial charge in [-0.3, -0.25) is 0 Å². The minimum atomic E-state index is 0.133. The summed E-state index contributed by atoms with van der Waals surface area (Å²) < 4.78 is 9.70. The standard InChI is InChI=1S/C36H16N4OS4/c37-17-23(18-38)35-11-5-27(44-35)15-25-3-9-33(42-25)21-1-7-29-30-8-2-22(14-32(30)41-31(29)13-21)34-10-4-26(43-34)16-28-6-12-36(45-28)24(19-39)20-40/h1-16H/b27-15+,28-16+. The van der Waals surface area contributed by atoms with Crippen LogP contribution in [0.25, 0.3) is 66.1 Å². The van der Waals surface area contributed by atoms with Gasteiger partial charge in [-0.1, -0.05) is 12.1 Å². The molecule has 0 atom stereocenters. The first kappa shape index (κ1) is 28.3. The molecular weight excluding hydrogens is 633 g/mol. The maximum Gasteiger partial charge on any atom is 0.146 e. The van der Waals surface area contributed by atoms with E-state index in [1.807, 2.05) is 48.5 Å². The van der Waals surface area contributed by atoms with Gasteiger partial charge in [0.05, 0.1) is 9.06 Å². The van der Waals surface area contributed by atoms with Gasteiger partial charge in [-0.05, 0) is 96.1 Å². The van der Waals surface area contributed by atoms with Crippen LogP contribution in [-0.2, 0) is 0 Å². The van der Waals surface area contributed by atoms with Crippen LogP contribution in [0, 0.1) is 45.3 Å². The summed E-state index contributed by atoms with van der Waals surface area (Å²) in [7, 11) is 0. The lowest BCUT2D eigenvalue weighted by molar-refractivity contribution is 0.669. The van der Waals surface area contributed by atoms with E-state index in [1.165, 1.54) is 22.7 Å². The predicted octanol–water partition coefficient (Wildman–Crippen LogP) is 7.22. The SMILES string of the molecule is N#CC(C#N)=c1cc/c(=C\c2ccc(-c3ccc4c(c3)oc3cc(-c5ccc(/C=c6\ccc(=C(C#N)C#N)s6)s5)ccc34)s2)s1. The molecule has 0 aliphatic rings. The van der Waals surface area contributed by atoms with E-state index >= 15 is 0 Å². The molecule has 9 heteroatoms. The summed E-state index contributed by atoms with van der Waals surface area (Å²) in [5, 5.41) is 38.7. The summed E-state index contributed by atoms with van der Waals surface area (Å²) in [6.45, 7) is 0. The second-order valence-electron chi connectivity index (χ2n) is 9.82. The van der Waals surface area contributed by atoms with Crippen LogP contribution in [0.4, 0.5) is 0 Å². The summed E-state index contributed by atoms with van der Waals surface area (Å²) in [5.41, 5.74) is 4.08. The summed E-state index contributed by atoms with van der Waals surface area (Å²) in [6, 6.07) is 36.3. The Morgan fingerprint density at radius 1 is 0.511 bits per heavy atom. The molecule has 0 spiro atoms. The van der Waals surface area contributed by atoms with E-state index in [0.29, 0.717) is 9.06 Å². The van der Waals surface area contributed by atoms with E-state index in [-0.39, 0.29) is 11.1 Å². The summed E-state index contributed by atoms with van der Waals surface area (Å²) in [5.74, 6) is 0. The van der Waals surface area contributed by atoms with Gasteiger partial charge in [0.15, 0.2) is 0 Å². The van der Waals surface area contributed by atoms with Gasteiger partial charge in [0, 0.05) is 39.3 Å². The molecule has 5 aromatic heterocycles. The smallest absolute Gasteiger partial charge is 0.146 e. The number of furan rings is 1. The molecule has 0 unspecified atom stereocenters. The normalized spacial score (nSPS) is 11.7. The number of rotatable bonds is 4. The number of benzene rings is 2. The average molecular weight is 649 g/mol. The van der Waals surface area contributed by atoms with E-state index in [4.69, 9.17) is 25.5 Å². The van der Waals surface area contributed by atoms with Crippen molar-refractivity contribution >= 4 is 90.6 Å². The van der Waals surface area contributed by atoms with Crippen LogP contribution in [0.3, 0.4) is 0 Å². The molecule has 45 heavy (non-hydrogen) atoms. The van der Waals surface area contributed by atoms with Gasteiger partial charge in [0.2, 0.25) is 0 Å². The Morgan fingerprint density at radius 3 is 1.38 bits per heavy atom. The van der Waals surface area contributed by atoms with Crippen molar-refractivity contribution in [3.63, 3.8) is 0 Å². The Bertz CT molecular complexity index is 2500. The number of nitrogens with zero attached hydrogens (tertiary/aromatic N) is 4. The zero-order chi connectivity index (χ0) is 30.9. The van der Waals surface area contributed by atoms with Crippen LogP contribution in [0.15, 0.2) is 89.3 Å². The van der Waals surface area contributed by atoms with Crippen molar-refractivity contribution in [1.82, 2.24) is 0 Å². The second kappa shape index (κ2) is 11.9. The fourth-order valence-corrected chi connectivity index (χ4v) is 8.81. The summed E-state index contributed by atoms with van der Waals surface area (Å²) >= 11 is 6.21. The Kier molecular flexibility index (Phi) is 7.46. The van der Waals surface area contributed by atoms with Crippen molar-refractivity contribution in [1.29, 1.82) is 21.0 Å². The molecule has 5 nitrogen and oxygen atoms in total. The number of thiophene rings is 4. The third kappa shape index (κ3) is 5.50. The minimum absolute atomic E-state index is 0.133. The number of hydrogen-bond acceptors (Lipinski definition) is 9. The van der Waals surface area contributed by atoms with Crippen molar-refractivity contribution in [2.24, 2.45) is 0 Å². The van der Waals surface area contributed by atoms with Crippen LogP contribution in [0.5, 0.6) is 0 Å². The quantitative estimate of drug-likeness (QED) is 0.200. The van der Waals surface area contributed by atoms with Gasteiger partial charge >= 0.3 is 0 Å². The molecule has 0 amide bonds. The minimum Gasteiger partial charge on any atom is -0.456 e. The summed E-state index contributed by atoms with van der Waals surface area (Å²) in [4.78, 5) is 4.42. The highest BCUT2D eigenvalue weighted by atomic mass is 32.1. The molecule has 0 saturated carbocycles. The van der Waals surface area contributed by atoms with Crippen LogP contribution >= 0.6 is 45.3 Å². The first-order chi connectivity index (χ1) is 22.0. The highest BCUT2D eigenvalue weighted by Gasteiger charge is 2.12. The molecule has 0 bridgehead atoms. The molecule has 0 aliphatic carbocycles. The Labute approximate surface area is 272 Å². The fraction of sp³-hybridized carbons (Fsp3) is 0. The zero-order valence-corrected chi connectivity index (χ0v) is 26.3. The molecule has 7 rings (SSSR count). The molecule has 0 aliphatic heterocycles. The van der Waals surface area contributed by atoms with E-state index < -0.39 is 0 Å². The Morgan fingerprint density at radius 2 is 0.956 bits per heavy atom. The third-order valence-corrected chi connectivity index (χ3v) is 11.3. The Balaban J connectivity index is 1.17. The second-order valence-corrected chi connectivity index (χ2v) is 14.3. The van der Waals surface area contributed by atoms with Crippen molar-refractivity contribution < 1.29 is 4.42 Å². The van der Waals surface area contributed by atoms with Crippen LogP contribution < -0.4 is 18.1 Å². The van der Waals surface area contributed by atoms with Gasteiger partial charge in [0.25, 0.3) is 0 Å². The molecule has 0 fully saturated rings. The molecule has 210 valence electrons.